The maximum absolute atomic E-state index is 5.85. The summed E-state index contributed by atoms with van der Waals surface area (Å²) in [4.78, 5) is 6.18. The molecule has 0 N–H and O–H groups in total. The maximum atomic E-state index is 5.85. The number of benzene rings is 4. The number of aromatic nitrogens is 4. The molecule has 4 aliphatic rings. The van der Waals surface area contributed by atoms with Gasteiger partial charge in [0.2, 0.25) is 0 Å². The largest absolute Gasteiger partial charge is 0.173 e. The Hall–Kier alpha value is -4.08. The van der Waals surface area contributed by atoms with Gasteiger partial charge < -0.3 is 0 Å². The zero-order valence-corrected chi connectivity index (χ0v) is 91.9. The first-order valence-corrected chi connectivity index (χ1v) is 62.4. The van der Waals surface area contributed by atoms with E-state index in [9.17, 15) is 0 Å². The average Bonchev–Trinajstić information content (AvgIpc) is 1.51. The number of rotatable bonds is 81. The van der Waals surface area contributed by atoms with E-state index in [1.165, 1.54) is 591 Å². The average molecular weight is 1900 g/mol. The van der Waals surface area contributed by atoms with Gasteiger partial charge >= 0.3 is 0 Å². The number of nitrogens with zero attached hydrogens (tertiary/aromatic N) is 4. The number of hydrogen-bond acceptors (Lipinski definition) is 8. The Balaban J connectivity index is 0.983. The van der Waals surface area contributed by atoms with Gasteiger partial charge in [-0.2, -0.15) is 17.5 Å². The normalized spacial score (nSPS) is 14.4. The number of aryl methyl sites for hydroxylation is 2. The van der Waals surface area contributed by atoms with E-state index in [1.54, 1.807) is 65.4 Å². The number of fused-ring (bicyclic) bond motifs is 16. The van der Waals surface area contributed by atoms with E-state index >= 15 is 0 Å². The number of hydrogen-bond donors (Lipinski definition) is 0. The summed E-state index contributed by atoms with van der Waals surface area (Å²) < 4.78 is 22.4. The molecule has 12 rings (SSSR count). The van der Waals surface area contributed by atoms with Crippen LogP contribution in [0.1, 0.15) is 624 Å². The van der Waals surface area contributed by atoms with Crippen molar-refractivity contribution in [2.24, 2.45) is 0 Å². The molecule has 4 aliphatic carbocycles. The van der Waals surface area contributed by atoms with Crippen LogP contribution in [0.25, 0.3) is 75.6 Å². The van der Waals surface area contributed by atoms with Crippen molar-refractivity contribution in [2.45, 2.75) is 605 Å². The minimum Gasteiger partial charge on any atom is -0.173 e. The van der Waals surface area contributed by atoms with Crippen molar-refractivity contribution < 1.29 is 0 Å². The van der Waals surface area contributed by atoms with Gasteiger partial charge in [-0.1, -0.05) is 524 Å². The minimum absolute atomic E-state index is 0.0483. The van der Waals surface area contributed by atoms with E-state index in [4.69, 9.17) is 17.5 Å². The molecule has 0 saturated carbocycles. The highest BCUT2D eigenvalue weighted by atomic mass is 32.1. The second kappa shape index (κ2) is 59.7. The van der Waals surface area contributed by atoms with E-state index < -0.39 is 0 Å². The van der Waals surface area contributed by atoms with Crippen LogP contribution in [-0.4, -0.2) is 17.5 Å². The van der Waals surface area contributed by atoms with Crippen LogP contribution in [0.5, 0.6) is 0 Å². The molecule has 0 unspecified atom stereocenters. The Bertz CT molecular complexity index is 4520. The molecule has 8 aromatic rings. The van der Waals surface area contributed by atoms with Crippen molar-refractivity contribution in [2.75, 3.05) is 0 Å². The lowest BCUT2D eigenvalue weighted by atomic mass is 9.68. The molecule has 134 heavy (non-hydrogen) atoms. The predicted octanol–water partition coefficient (Wildman–Crippen LogP) is 44.5. The summed E-state index contributed by atoms with van der Waals surface area (Å²) in [5.74, 6) is 0. The highest BCUT2D eigenvalue weighted by molar-refractivity contribution is 7.19. The molecule has 0 spiro atoms. The fourth-order valence-corrected chi connectivity index (χ4v) is 30.0. The standard InChI is InChI=1S/C126H198N4S4/c1-11-19-27-35-39-43-47-51-55-59-63-67-71-79-83-123(84-80-72-68-64-60-56-52-48-44-40-36-28-20-12-2)106-94-102-107(93-101(106)115-110(123)91-99(9)117-119(115)129-133-127-117)124(85-81-73-69-65-61-57-53-49-45-41-37-29-21-13-3,86-82-74-70-66-62-58-54-50-46-42-38-30-22-14-4)111-97-105(118-120(116(102)111)130-134-128-118)114-98-113-122(132-114)104-96-108-103(95-109(104)126(113,89-77-33-25-17-7)90-78-34-26-18-8)121-112(92-100(10)131-121)125(108,87-75-31-23-15-5)88-76-32-24-16-6/h91-98H,11-90H2,1-10H3. The van der Waals surface area contributed by atoms with Gasteiger partial charge in [-0.15, -0.1) is 22.7 Å². The van der Waals surface area contributed by atoms with Crippen molar-refractivity contribution in [3.63, 3.8) is 0 Å². The van der Waals surface area contributed by atoms with E-state index in [0.29, 0.717) is 0 Å². The molecule has 0 fully saturated rings. The van der Waals surface area contributed by atoms with Crippen LogP contribution in [0.2, 0.25) is 0 Å². The summed E-state index contributed by atoms with van der Waals surface area (Å²) in [5.41, 5.74) is 29.5. The fourth-order valence-electron chi connectivity index (χ4n) is 26.4. The molecular formula is C126H198N4S4. The summed E-state index contributed by atoms with van der Waals surface area (Å²) in [6.07, 6.45) is 108. The molecule has 4 aromatic carbocycles. The topological polar surface area (TPSA) is 51.6 Å². The monoisotopic (exact) mass is 1900 g/mol. The Morgan fingerprint density at radius 1 is 0.187 bits per heavy atom. The Morgan fingerprint density at radius 3 is 0.694 bits per heavy atom. The highest BCUT2D eigenvalue weighted by Crippen LogP contribution is 2.67. The summed E-state index contributed by atoms with van der Waals surface area (Å²) in [5, 5.41) is 0. The van der Waals surface area contributed by atoms with Gasteiger partial charge in [0.25, 0.3) is 0 Å². The SMILES string of the molecule is CCCCCCCCCCCCCCCCC1(CCCCCCCCCCCCCCCC)c2cc3c(cc2-c2c1cc(C)c1nsnc21)C(CCCCCCCCCCCCCCCC)(CCCCCCCCCCCCCCCC)c1cc(-c2cc4c(s2)-c2cc5c(cc2C4(CCCCCC)CCCCCC)-c2sc(C)cc2C5(CCCCCC)CCCCCC)c2nsnc2c1-3. The maximum Gasteiger partial charge on any atom is 0.114 e. The van der Waals surface area contributed by atoms with E-state index in [1.807, 2.05) is 0 Å². The van der Waals surface area contributed by atoms with Crippen LogP contribution in [0.15, 0.2) is 48.5 Å². The first kappa shape index (κ1) is 109. The lowest BCUT2D eigenvalue weighted by Gasteiger charge is -2.35. The van der Waals surface area contributed by atoms with Crippen LogP contribution in [0.4, 0.5) is 0 Å². The van der Waals surface area contributed by atoms with Gasteiger partial charge in [-0.25, -0.2) is 0 Å². The van der Waals surface area contributed by atoms with Crippen molar-refractivity contribution in [1.82, 2.24) is 17.5 Å². The second-order valence-corrected chi connectivity index (χ2v) is 48.0. The van der Waals surface area contributed by atoms with Crippen LogP contribution in [0, 0.1) is 13.8 Å². The molecule has 0 amide bonds. The minimum atomic E-state index is -0.190. The molecule has 8 heteroatoms. The van der Waals surface area contributed by atoms with Crippen molar-refractivity contribution in [3.05, 3.63) is 103 Å². The zero-order chi connectivity index (χ0) is 93.7. The molecule has 0 saturated heterocycles. The van der Waals surface area contributed by atoms with Crippen LogP contribution in [-0.2, 0) is 21.7 Å². The Kier molecular flexibility index (Phi) is 48.5. The van der Waals surface area contributed by atoms with Crippen LogP contribution >= 0.6 is 46.1 Å². The van der Waals surface area contributed by atoms with Crippen LogP contribution < -0.4 is 0 Å². The lowest BCUT2D eigenvalue weighted by molar-refractivity contribution is 0.393. The quantitative estimate of drug-likeness (QED) is 0.0357. The summed E-state index contributed by atoms with van der Waals surface area (Å²) in [7, 11) is 0. The summed E-state index contributed by atoms with van der Waals surface area (Å²) in [6, 6.07) is 22.9. The molecule has 4 heterocycles. The van der Waals surface area contributed by atoms with Gasteiger partial charge in [0, 0.05) is 57.9 Å². The molecular weight excluding hydrogens is 1700 g/mol. The zero-order valence-electron chi connectivity index (χ0n) is 88.6. The van der Waals surface area contributed by atoms with Crippen molar-refractivity contribution >= 4 is 68.2 Å². The van der Waals surface area contributed by atoms with Crippen molar-refractivity contribution in [3.8, 4) is 53.6 Å². The van der Waals surface area contributed by atoms with Gasteiger partial charge in [0.05, 0.1) is 23.5 Å². The van der Waals surface area contributed by atoms with Crippen molar-refractivity contribution in [1.29, 1.82) is 0 Å². The van der Waals surface area contributed by atoms with Crippen LogP contribution in [0.3, 0.4) is 0 Å². The van der Waals surface area contributed by atoms with Gasteiger partial charge in [0.1, 0.15) is 22.1 Å². The van der Waals surface area contributed by atoms with E-state index in [2.05, 4.69) is 140 Å². The van der Waals surface area contributed by atoms with Gasteiger partial charge in [-0.3, -0.25) is 0 Å². The molecule has 0 aliphatic heterocycles. The summed E-state index contributed by atoms with van der Waals surface area (Å²) >= 11 is 7.32. The third-order valence-electron chi connectivity index (χ3n) is 34.2. The fraction of sp³-hybridized carbons (Fsp3) is 0.746. The van der Waals surface area contributed by atoms with E-state index in [-0.39, 0.29) is 21.7 Å². The third kappa shape index (κ3) is 28.7. The molecule has 4 aromatic heterocycles. The van der Waals surface area contributed by atoms with Gasteiger partial charge in [-0.05, 0) is 180 Å². The Labute approximate surface area is 840 Å². The number of thiophene rings is 2. The highest BCUT2D eigenvalue weighted by Gasteiger charge is 2.53. The molecule has 746 valence electrons. The Morgan fingerprint density at radius 2 is 0.396 bits per heavy atom. The molecule has 0 bridgehead atoms. The third-order valence-corrected chi connectivity index (χ3v) is 37.6. The lowest BCUT2D eigenvalue weighted by Crippen LogP contribution is -2.27. The summed E-state index contributed by atoms with van der Waals surface area (Å²) in [6.45, 7) is 23.9. The second-order valence-electron chi connectivity index (χ2n) is 44.7. The van der Waals surface area contributed by atoms with Gasteiger partial charge in [0.15, 0.2) is 0 Å². The van der Waals surface area contributed by atoms with E-state index in [0.717, 1.165) is 11.0 Å². The molecule has 0 atom stereocenters. The first-order chi connectivity index (χ1) is 66.1. The molecule has 4 nitrogen and oxygen atoms in total. The molecule has 0 radical (unpaired) electrons. The smallest absolute Gasteiger partial charge is 0.114 e. The first-order valence-electron chi connectivity index (χ1n) is 59.3. The predicted molar refractivity (Wildman–Crippen MR) is 599 cm³/mol. The number of unbranched alkanes of at least 4 members (excludes halogenated alkanes) is 64.